The molecular weight excluding hydrogens is 449 g/mol. The number of rotatable bonds is 7. The summed E-state index contributed by atoms with van der Waals surface area (Å²) in [4.78, 5) is 24.2. The molecule has 0 spiro atoms. The fourth-order valence-corrected chi connectivity index (χ4v) is 3.50. The number of carbonyl (C=O) groups is 2. The van der Waals surface area contributed by atoms with Gasteiger partial charge in [-0.05, 0) is 82.8 Å². The van der Waals surface area contributed by atoms with Gasteiger partial charge in [0.05, 0.1) is 0 Å². The minimum Gasteiger partial charge on any atom is -0.480 e. The highest BCUT2D eigenvalue weighted by atomic mass is 127. The molecule has 0 bridgehead atoms. The Morgan fingerprint density at radius 1 is 1.20 bits per heavy atom. The first kappa shape index (κ1) is 19.8. The first-order chi connectivity index (χ1) is 11.9. The van der Waals surface area contributed by atoms with E-state index in [9.17, 15) is 14.7 Å². The van der Waals surface area contributed by atoms with Gasteiger partial charge in [-0.25, -0.2) is 4.79 Å². The molecule has 4 nitrogen and oxygen atoms in total. The molecule has 0 saturated heterocycles. The van der Waals surface area contributed by atoms with Gasteiger partial charge in [0.25, 0.3) is 5.91 Å². The van der Waals surface area contributed by atoms with Gasteiger partial charge in [-0.2, -0.15) is 11.8 Å². The maximum Gasteiger partial charge on any atom is 0.326 e. The maximum absolute atomic E-state index is 12.8. The Labute approximate surface area is 165 Å². The summed E-state index contributed by atoms with van der Waals surface area (Å²) in [5.74, 6) is -0.692. The van der Waals surface area contributed by atoms with Crippen LogP contribution in [0.1, 0.15) is 22.3 Å². The molecule has 0 radical (unpaired) electrons. The number of benzene rings is 2. The third-order valence-electron chi connectivity index (χ3n) is 3.88. The molecule has 6 heteroatoms. The van der Waals surface area contributed by atoms with Crippen molar-refractivity contribution in [3.05, 3.63) is 57.2 Å². The van der Waals surface area contributed by atoms with Crippen molar-refractivity contribution in [3.8, 4) is 11.1 Å². The number of hydrogen-bond acceptors (Lipinski definition) is 3. The lowest BCUT2D eigenvalue weighted by Gasteiger charge is -2.17. The van der Waals surface area contributed by atoms with Crippen molar-refractivity contribution in [2.45, 2.75) is 19.4 Å². The molecule has 2 N–H and O–H groups in total. The predicted molar refractivity (Wildman–Crippen MR) is 111 cm³/mol. The highest BCUT2D eigenvalue weighted by Crippen LogP contribution is 2.28. The average Bonchev–Trinajstić information content (AvgIpc) is 2.58. The number of thioether (sulfide) groups is 1. The van der Waals surface area contributed by atoms with Crippen LogP contribution in [0.4, 0.5) is 0 Å². The van der Waals surface area contributed by atoms with Crippen LogP contribution in [0.5, 0.6) is 0 Å². The third kappa shape index (κ3) is 5.22. The van der Waals surface area contributed by atoms with E-state index in [1.54, 1.807) is 17.8 Å². The number of hydrogen-bond donors (Lipinski definition) is 2. The van der Waals surface area contributed by atoms with Crippen LogP contribution in [0.25, 0.3) is 11.1 Å². The third-order valence-corrected chi connectivity index (χ3v) is 5.19. The smallest absolute Gasteiger partial charge is 0.326 e. The number of halogens is 1. The molecule has 0 aliphatic rings. The summed E-state index contributed by atoms with van der Waals surface area (Å²) in [5, 5.41) is 12.0. The Morgan fingerprint density at radius 2 is 1.92 bits per heavy atom. The number of carboxylic acid groups (broad SMARTS) is 1. The summed E-state index contributed by atoms with van der Waals surface area (Å²) in [6, 6.07) is 12.5. The zero-order valence-corrected chi connectivity index (χ0v) is 17.1. The minimum absolute atomic E-state index is 0.358. The zero-order valence-electron chi connectivity index (χ0n) is 14.1. The molecule has 2 aromatic carbocycles. The van der Waals surface area contributed by atoms with Gasteiger partial charge < -0.3 is 10.4 Å². The van der Waals surface area contributed by atoms with Gasteiger partial charge >= 0.3 is 5.97 Å². The Kier molecular flexibility index (Phi) is 7.31. The fourth-order valence-electron chi connectivity index (χ4n) is 2.54. The first-order valence-electron chi connectivity index (χ1n) is 7.82. The van der Waals surface area contributed by atoms with Gasteiger partial charge in [0.15, 0.2) is 0 Å². The van der Waals surface area contributed by atoms with Gasteiger partial charge in [-0.15, -0.1) is 0 Å². The van der Waals surface area contributed by atoms with Crippen LogP contribution in [-0.2, 0) is 4.79 Å². The molecule has 2 aromatic rings. The average molecular weight is 469 g/mol. The zero-order chi connectivity index (χ0) is 18.4. The maximum atomic E-state index is 12.8. The molecule has 0 heterocycles. The summed E-state index contributed by atoms with van der Waals surface area (Å²) in [6.45, 7) is 2.00. The van der Waals surface area contributed by atoms with Crippen molar-refractivity contribution in [3.63, 3.8) is 0 Å². The summed E-state index contributed by atoms with van der Waals surface area (Å²) >= 11 is 3.77. The lowest BCUT2D eigenvalue weighted by molar-refractivity contribution is -0.139. The number of carbonyl (C=O) groups excluding carboxylic acids is 1. The van der Waals surface area contributed by atoms with Crippen molar-refractivity contribution >= 4 is 46.2 Å². The predicted octanol–water partition coefficient (Wildman–Crippen LogP) is 4.20. The van der Waals surface area contributed by atoms with Gasteiger partial charge in [-0.3, -0.25) is 4.79 Å². The Hall–Kier alpha value is -1.54. The van der Waals surface area contributed by atoms with E-state index < -0.39 is 12.0 Å². The second-order valence-corrected chi connectivity index (χ2v) is 7.88. The number of aryl methyl sites for hydroxylation is 1. The summed E-state index contributed by atoms with van der Waals surface area (Å²) in [7, 11) is 0. The molecular formula is C19H20INO3S. The Balaban J connectivity index is 2.37. The standard InChI is InChI=1S/C19H20INO3S/c1-12-5-3-4-6-14(12)16-11-13(20)7-8-15(16)18(22)21-17(19(23)24)9-10-25-2/h3-8,11,17H,9-10H2,1-2H3,(H,21,22)(H,23,24). The number of carboxylic acids is 1. The van der Waals surface area contributed by atoms with E-state index in [1.165, 1.54) is 0 Å². The molecule has 0 aliphatic carbocycles. The second kappa shape index (κ2) is 9.24. The molecule has 0 aromatic heterocycles. The topological polar surface area (TPSA) is 66.4 Å². The van der Waals surface area contributed by atoms with Crippen LogP contribution >= 0.6 is 34.4 Å². The molecule has 0 aliphatic heterocycles. The van der Waals surface area contributed by atoms with Gasteiger partial charge in [-0.1, -0.05) is 24.3 Å². The van der Waals surface area contributed by atoms with E-state index in [4.69, 9.17) is 0 Å². The molecule has 1 amide bonds. The Bertz CT molecular complexity index is 779. The Morgan fingerprint density at radius 3 is 2.56 bits per heavy atom. The summed E-state index contributed by atoms with van der Waals surface area (Å²) in [6.07, 6.45) is 2.31. The molecule has 1 unspecified atom stereocenters. The second-order valence-electron chi connectivity index (χ2n) is 5.65. The van der Waals surface area contributed by atoms with Crippen LogP contribution in [0.2, 0.25) is 0 Å². The number of amides is 1. The quantitative estimate of drug-likeness (QED) is 0.597. The summed E-state index contributed by atoms with van der Waals surface area (Å²) < 4.78 is 1.02. The molecule has 0 saturated carbocycles. The molecule has 25 heavy (non-hydrogen) atoms. The van der Waals surface area contributed by atoms with E-state index in [-0.39, 0.29) is 5.91 Å². The van der Waals surface area contributed by atoms with Gasteiger partial charge in [0, 0.05) is 9.13 Å². The van der Waals surface area contributed by atoms with Crippen molar-refractivity contribution in [1.82, 2.24) is 5.32 Å². The number of aliphatic carboxylic acids is 1. The van der Waals surface area contributed by atoms with Crippen molar-refractivity contribution in [2.75, 3.05) is 12.0 Å². The fraction of sp³-hybridized carbons (Fsp3) is 0.263. The van der Waals surface area contributed by atoms with Crippen LogP contribution < -0.4 is 5.32 Å². The van der Waals surface area contributed by atoms with Crippen LogP contribution in [0, 0.1) is 10.5 Å². The van der Waals surface area contributed by atoms with Gasteiger partial charge in [0.1, 0.15) is 6.04 Å². The van der Waals surface area contributed by atoms with Crippen LogP contribution in [0.3, 0.4) is 0 Å². The molecule has 0 fully saturated rings. The van der Waals surface area contributed by atoms with Crippen LogP contribution in [0.15, 0.2) is 42.5 Å². The monoisotopic (exact) mass is 469 g/mol. The largest absolute Gasteiger partial charge is 0.480 e. The lowest BCUT2D eigenvalue weighted by atomic mass is 9.95. The van der Waals surface area contributed by atoms with Crippen LogP contribution in [-0.4, -0.2) is 35.0 Å². The molecule has 2 rings (SSSR count). The molecule has 1 atom stereocenters. The lowest BCUT2D eigenvalue weighted by Crippen LogP contribution is -2.41. The van der Waals surface area contributed by atoms with Crippen molar-refractivity contribution in [2.24, 2.45) is 0 Å². The number of nitrogens with one attached hydrogen (secondary N) is 1. The van der Waals surface area contributed by atoms with E-state index in [0.29, 0.717) is 17.7 Å². The SMILES string of the molecule is CSCCC(NC(=O)c1ccc(I)cc1-c1ccccc1C)C(=O)O. The van der Waals surface area contributed by atoms with E-state index in [0.717, 1.165) is 20.3 Å². The van der Waals surface area contributed by atoms with E-state index in [2.05, 4.69) is 27.9 Å². The molecule has 132 valence electrons. The van der Waals surface area contributed by atoms with E-state index in [1.807, 2.05) is 49.6 Å². The summed E-state index contributed by atoms with van der Waals surface area (Å²) in [5.41, 5.74) is 3.35. The van der Waals surface area contributed by atoms with Crippen molar-refractivity contribution in [1.29, 1.82) is 0 Å². The highest BCUT2D eigenvalue weighted by Gasteiger charge is 2.22. The minimum atomic E-state index is -1.01. The van der Waals surface area contributed by atoms with Crippen molar-refractivity contribution < 1.29 is 14.7 Å². The first-order valence-corrected chi connectivity index (χ1v) is 10.3. The normalized spacial score (nSPS) is 11.8. The van der Waals surface area contributed by atoms with E-state index >= 15 is 0 Å². The highest BCUT2D eigenvalue weighted by molar-refractivity contribution is 14.1. The van der Waals surface area contributed by atoms with Gasteiger partial charge in [0.2, 0.25) is 0 Å².